The van der Waals surface area contributed by atoms with Crippen molar-refractivity contribution in [3.63, 3.8) is 0 Å². The number of ketones is 1. The van der Waals surface area contributed by atoms with Crippen LogP contribution in [0, 0.1) is 11.8 Å². The van der Waals surface area contributed by atoms with Crippen LogP contribution in [0.25, 0.3) is 0 Å². The summed E-state index contributed by atoms with van der Waals surface area (Å²) in [6.45, 7) is 4.11. The summed E-state index contributed by atoms with van der Waals surface area (Å²) in [7, 11) is 0. The zero-order chi connectivity index (χ0) is 19.3. The zero-order valence-electron chi connectivity index (χ0n) is 16.4. The Morgan fingerprint density at radius 2 is 1.57 bits per heavy atom. The van der Waals surface area contributed by atoms with Crippen molar-refractivity contribution in [1.29, 1.82) is 0 Å². The predicted molar refractivity (Wildman–Crippen MR) is 112 cm³/mol. The lowest BCUT2D eigenvalue weighted by molar-refractivity contribution is 0.103. The second-order valence-electron chi connectivity index (χ2n) is 8.21. The number of rotatable bonds is 5. The highest BCUT2D eigenvalue weighted by Gasteiger charge is 2.35. The third kappa shape index (κ3) is 4.13. The summed E-state index contributed by atoms with van der Waals surface area (Å²) in [5.41, 5.74) is 2.47. The highest BCUT2D eigenvalue weighted by atomic mass is 16.3. The minimum Gasteiger partial charge on any atom is -0.508 e. The highest BCUT2D eigenvalue weighted by molar-refractivity contribution is 6.10. The predicted octanol–water partition coefficient (Wildman–Crippen LogP) is 3.71. The molecule has 2 saturated heterocycles. The maximum Gasteiger partial charge on any atom is 0.193 e. The van der Waals surface area contributed by atoms with Crippen molar-refractivity contribution in [3.8, 4) is 5.75 Å². The van der Waals surface area contributed by atoms with Gasteiger partial charge in [0.1, 0.15) is 5.75 Å². The van der Waals surface area contributed by atoms with E-state index < -0.39 is 0 Å². The number of phenolic OH excluding ortho intramolecular Hbond substituents is 1. The van der Waals surface area contributed by atoms with Gasteiger partial charge in [-0.3, -0.25) is 4.79 Å². The Bertz CT molecular complexity index is 776. The molecule has 0 amide bonds. The third-order valence-corrected chi connectivity index (χ3v) is 6.36. The molecule has 4 nitrogen and oxygen atoms in total. The van der Waals surface area contributed by atoms with Crippen molar-refractivity contribution in [3.05, 3.63) is 65.2 Å². The maximum absolute atomic E-state index is 13.3. The van der Waals surface area contributed by atoms with E-state index in [0.717, 1.165) is 37.3 Å². The van der Waals surface area contributed by atoms with Crippen molar-refractivity contribution >= 4 is 5.78 Å². The molecule has 0 bridgehead atoms. The van der Waals surface area contributed by atoms with Gasteiger partial charge < -0.3 is 15.7 Å². The van der Waals surface area contributed by atoms with E-state index >= 15 is 0 Å². The molecular formula is C24H30N2O2. The van der Waals surface area contributed by atoms with Crippen molar-refractivity contribution < 1.29 is 9.90 Å². The summed E-state index contributed by atoms with van der Waals surface area (Å²) in [4.78, 5) is 13.3. The fourth-order valence-electron chi connectivity index (χ4n) is 5.04. The molecule has 2 fully saturated rings. The Morgan fingerprint density at radius 1 is 0.929 bits per heavy atom. The second kappa shape index (κ2) is 8.89. The molecule has 3 N–H and O–H groups in total. The lowest BCUT2D eigenvalue weighted by Gasteiger charge is -2.39. The van der Waals surface area contributed by atoms with Crippen LogP contribution in [0.3, 0.4) is 0 Å². The Hall–Kier alpha value is -2.17. The Balaban J connectivity index is 1.76. The van der Waals surface area contributed by atoms with E-state index in [4.69, 9.17) is 0 Å². The lowest BCUT2D eigenvalue weighted by Crippen LogP contribution is -2.41. The second-order valence-corrected chi connectivity index (χ2v) is 8.21. The van der Waals surface area contributed by atoms with Gasteiger partial charge in [-0.05, 0) is 93.4 Å². The smallest absolute Gasteiger partial charge is 0.193 e. The molecule has 2 atom stereocenters. The minimum atomic E-state index is 0.0492. The molecule has 148 valence electrons. The summed E-state index contributed by atoms with van der Waals surface area (Å²) < 4.78 is 0. The first-order valence-electron chi connectivity index (χ1n) is 10.6. The molecule has 2 aromatic rings. The first-order chi connectivity index (χ1) is 13.7. The molecule has 2 aromatic carbocycles. The first-order valence-corrected chi connectivity index (χ1v) is 10.6. The van der Waals surface area contributed by atoms with Crippen LogP contribution < -0.4 is 10.6 Å². The third-order valence-electron chi connectivity index (χ3n) is 6.36. The monoisotopic (exact) mass is 378 g/mol. The fraction of sp³-hybridized carbons (Fsp3) is 0.458. The SMILES string of the molecule is O=C(c1ccccc1)c1ccc(O)cc1C(C1CCCNC1)C1CCCNC1. The summed E-state index contributed by atoms with van der Waals surface area (Å²) >= 11 is 0. The Labute approximate surface area is 167 Å². The molecule has 2 aliphatic heterocycles. The van der Waals surface area contributed by atoms with E-state index in [9.17, 15) is 9.90 Å². The minimum absolute atomic E-state index is 0.0492. The van der Waals surface area contributed by atoms with Gasteiger partial charge in [-0.1, -0.05) is 30.3 Å². The average molecular weight is 379 g/mol. The fourth-order valence-corrected chi connectivity index (χ4v) is 5.04. The molecule has 0 saturated carbocycles. The maximum atomic E-state index is 13.3. The molecule has 0 spiro atoms. The molecule has 4 heteroatoms. The van der Waals surface area contributed by atoms with E-state index in [1.807, 2.05) is 42.5 Å². The molecule has 0 radical (unpaired) electrons. The van der Waals surface area contributed by atoms with Crippen LogP contribution >= 0.6 is 0 Å². The molecule has 2 heterocycles. The number of aromatic hydroxyl groups is 1. The Morgan fingerprint density at radius 3 is 2.14 bits per heavy atom. The van der Waals surface area contributed by atoms with E-state index in [1.54, 1.807) is 6.07 Å². The van der Waals surface area contributed by atoms with E-state index in [0.29, 0.717) is 17.4 Å². The van der Waals surface area contributed by atoms with Crippen molar-refractivity contribution in [2.75, 3.05) is 26.2 Å². The van der Waals surface area contributed by atoms with Gasteiger partial charge in [0.05, 0.1) is 0 Å². The summed E-state index contributed by atoms with van der Waals surface area (Å²) in [5.74, 6) is 1.55. The first kappa shape index (κ1) is 19.2. The van der Waals surface area contributed by atoms with Crippen molar-refractivity contribution in [2.45, 2.75) is 31.6 Å². The normalized spacial score (nSPS) is 23.9. The van der Waals surface area contributed by atoms with E-state index in [1.165, 1.54) is 25.7 Å². The van der Waals surface area contributed by atoms with Gasteiger partial charge in [0.25, 0.3) is 0 Å². The van der Waals surface area contributed by atoms with Crippen molar-refractivity contribution in [1.82, 2.24) is 10.6 Å². The van der Waals surface area contributed by atoms with E-state index in [-0.39, 0.29) is 17.5 Å². The zero-order valence-corrected chi connectivity index (χ0v) is 16.4. The number of carbonyl (C=O) groups is 1. The summed E-state index contributed by atoms with van der Waals surface area (Å²) in [6.07, 6.45) is 4.68. The molecule has 2 aliphatic rings. The van der Waals surface area contributed by atoms with Crippen LogP contribution in [0.2, 0.25) is 0 Å². The molecule has 0 aromatic heterocycles. The number of nitrogens with one attached hydrogen (secondary N) is 2. The molecule has 4 rings (SSSR count). The summed E-state index contributed by atoms with van der Waals surface area (Å²) in [6, 6.07) is 14.8. The number of hydrogen-bond acceptors (Lipinski definition) is 4. The lowest BCUT2D eigenvalue weighted by atomic mass is 9.70. The van der Waals surface area contributed by atoms with Crippen LogP contribution in [-0.2, 0) is 0 Å². The number of piperidine rings is 2. The number of phenols is 1. The topological polar surface area (TPSA) is 61.4 Å². The molecule has 0 aliphatic carbocycles. The van der Waals surface area contributed by atoms with Gasteiger partial charge in [0.2, 0.25) is 0 Å². The van der Waals surface area contributed by atoms with Gasteiger partial charge in [0, 0.05) is 11.1 Å². The molecule has 28 heavy (non-hydrogen) atoms. The van der Waals surface area contributed by atoms with Gasteiger partial charge in [0.15, 0.2) is 5.78 Å². The number of carbonyl (C=O) groups excluding carboxylic acids is 1. The van der Waals surface area contributed by atoms with Crippen molar-refractivity contribution in [2.24, 2.45) is 11.8 Å². The largest absolute Gasteiger partial charge is 0.508 e. The molecule has 2 unspecified atom stereocenters. The summed E-state index contributed by atoms with van der Waals surface area (Å²) in [5, 5.41) is 17.4. The number of hydrogen-bond donors (Lipinski definition) is 3. The number of benzene rings is 2. The van der Waals surface area contributed by atoms with E-state index in [2.05, 4.69) is 10.6 Å². The van der Waals surface area contributed by atoms with Crippen LogP contribution in [0.4, 0.5) is 0 Å². The Kier molecular flexibility index (Phi) is 6.08. The van der Waals surface area contributed by atoms with Crippen LogP contribution in [0.15, 0.2) is 48.5 Å². The van der Waals surface area contributed by atoms with Gasteiger partial charge >= 0.3 is 0 Å². The van der Waals surface area contributed by atoms with Gasteiger partial charge in [-0.2, -0.15) is 0 Å². The highest BCUT2D eigenvalue weighted by Crippen LogP contribution is 2.41. The standard InChI is InChI=1S/C24H30N2O2/c27-20-10-11-21(24(28)17-6-2-1-3-7-17)22(14-20)23(18-8-4-12-25-15-18)19-9-5-13-26-16-19/h1-3,6-7,10-11,14,18-19,23,25-27H,4-5,8-9,12-13,15-16H2. The van der Waals surface area contributed by atoms with Crippen LogP contribution in [-0.4, -0.2) is 37.1 Å². The average Bonchev–Trinajstić information content (AvgIpc) is 2.76. The van der Waals surface area contributed by atoms with Crippen LogP contribution in [0.1, 0.15) is 53.1 Å². The van der Waals surface area contributed by atoms with Crippen LogP contribution in [0.5, 0.6) is 5.75 Å². The van der Waals surface area contributed by atoms with Gasteiger partial charge in [-0.25, -0.2) is 0 Å². The van der Waals surface area contributed by atoms with Gasteiger partial charge in [-0.15, -0.1) is 0 Å². The molecular weight excluding hydrogens is 348 g/mol. The quantitative estimate of drug-likeness (QED) is 0.694.